The Morgan fingerprint density at radius 3 is 1.77 bits per heavy atom. The van der Waals surface area contributed by atoms with Crippen LogP contribution in [0.15, 0.2) is 192 Å². The van der Waals surface area contributed by atoms with Crippen LogP contribution in [0, 0.1) is 0 Å². The summed E-state index contributed by atoms with van der Waals surface area (Å²) in [5.41, 5.74) is 9.94. The van der Waals surface area contributed by atoms with E-state index in [1.165, 1.54) is 64.0 Å². The molecule has 2 nitrogen and oxygen atoms in total. The summed E-state index contributed by atoms with van der Waals surface area (Å²) >= 11 is 1.85. The van der Waals surface area contributed by atoms with Crippen LogP contribution in [0.25, 0.3) is 85.9 Å². The Labute approximate surface area is 310 Å². The number of hydrogen-bond acceptors (Lipinski definition) is 3. The van der Waals surface area contributed by atoms with E-state index in [0.717, 1.165) is 39.0 Å². The second-order valence-electron chi connectivity index (χ2n) is 13.6. The molecule has 11 rings (SSSR count). The first kappa shape index (κ1) is 30.0. The van der Waals surface area contributed by atoms with Crippen molar-refractivity contribution < 1.29 is 4.42 Å². The largest absolute Gasteiger partial charge is 0.456 e. The van der Waals surface area contributed by atoms with Gasteiger partial charge in [0.25, 0.3) is 0 Å². The molecule has 11 aromatic rings. The molecule has 53 heavy (non-hydrogen) atoms. The predicted molar refractivity (Wildman–Crippen MR) is 227 cm³/mol. The van der Waals surface area contributed by atoms with Crippen molar-refractivity contribution in [3.05, 3.63) is 188 Å². The lowest BCUT2D eigenvalue weighted by Crippen LogP contribution is -2.12. The molecule has 9 aromatic carbocycles. The highest BCUT2D eigenvalue weighted by Gasteiger charge is 2.26. The zero-order chi connectivity index (χ0) is 34.9. The van der Waals surface area contributed by atoms with Crippen LogP contribution in [0.5, 0.6) is 0 Å². The van der Waals surface area contributed by atoms with Gasteiger partial charge in [-0.1, -0.05) is 146 Å². The summed E-state index contributed by atoms with van der Waals surface area (Å²) in [6, 6.07) is 68.1. The lowest BCUT2D eigenvalue weighted by atomic mass is 9.89. The fourth-order valence-corrected chi connectivity index (χ4v) is 9.42. The van der Waals surface area contributed by atoms with Gasteiger partial charge in [-0.3, -0.25) is 0 Å². The molecule has 0 aliphatic carbocycles. The molecule has 0 bridgehead atoms. The first-order valence-corrected chi connectivity index (χ1v) is 18.8. The third kappa shape index (κ3) is 4.71. The molecular formula is C50H31NOS. The maximum Gasteiger partial charge on any atom is 0.135 e. The van der Waals surface area contributed by atoms with E-state index in [0.29, 0.717) is 0 Å². The van der Waals surface area contributed by atoms with Gasteiger partial charge in [-0.15, -0.1) is 11.3 Å². The molecular weight excluding hydrogens is 663 g/mol. The summed E-state index contributed by atoms with van der Waals surface area (Å²) in [6.45, 7) is 0. The van der Waals surface area contributed by atoms with Crippen LogP contribution in [0.2, 0.25) is 0 Å². The Morgan fingerprint density at radius 2 is 0.962 bits per heavy atom. The maximum atomic E-state index is 6.37. The number of hydrogen-bond donors (Lipinski definition) is 0. The molecule has 0 unspecified atom stereocenters. The first-order chi connectivity index (χ1) is 26.3. The third-order valence-electron chi connectivity index (χ3n) is 10.6. The van der Waals surface area contributed by atoms with E-state index >= 15 is 0 Å². The number of nitrogens with zero attached hydrogens (tertiary/aromatic N) is 1. The number of benzene rings is 9. The average molecular weight is 694 g/mol. The lowest BCUT2D eigenvalue weighted by Gasteiger charge is -2.31. The number of fused-ring (bicyclic) bond motifs is 9. The smallest absolute Gasteiger partial charge is 0.135 e. The van der Waals surface area contributed by atoms with Crippen molar-refractivity contribution in [2.24, 2.45) is 0 Å². The maximum absolute atomic E-state index is 6.37. The highest BCUT2D eigenvalue weighted by molar-refractivity contribution is 7.26. The van der Waals surface area contributed by atoms with E-state index in [2.05, 4.69) is 187 Å². The Bertz CT molecular complexity index is 3170. The van der Waals surface area contributed by atoms with Crippen molar-refractivity contribution in [2.45, 2.75) is 0 Å². The number of para-hydroxylation sites is 1. The zero-order valence-corrected chi connectivity index (χ0v) is 29.5. The molecule has 0 N–H and O–H groups in total. The van der Waals surface area contributed by atoms with Gasteiger partial charge in [0.15, 0.2) is 0 Å². The predicted octanol–water partition coefficient (Wildman–Crippen LogP) is 15.1. The molecule has 0 saturated carbocycles. The first-order valence-electron chi connectivity index (χ1n) is 18.0. The van der Waals surface area contributed by atoms with Gasteiger partial charge in [-0.25, -0.2) is 0 Å². The van der Waals surface area contributed by atoms with E-state index < -0.39 is 0 Å². The van der Waals surface area contributed by atoms with Crippen molar-refractivity contribution in [3.8, 4) is 22.3 Å². The minimum absolute atomic E-state index is 0.884. The molecule has 0 saturated heterocycles. The fourth-order valence-electron chi connectivity index (χ4n) is 8.29. The van der Waals surface area contributed by atoms with E-state index in [-0.39, 0.29) is 0 Å². The summed E-state index contributed by atoms with van der Waals surface area (Å²) in [5.74, 6) is 0. The van der Waals surface area contributed by atoms with Crippen LogP contribution in [0.4, 0.5) is 17.1 Å². The van der Waals surface area contributed by atoms with Gasteiger partial charge < -0.3 is 9.32 Å². The SMILES string of the molecule is c1ccc(-c2ccc(-c3c(N(c4ccc5oc6ccccc6c5c4)c4cccc5sc6ccccc6c45)c4ccccc4c4ccccc34)cc2)cc1. The molecule has 0 fully saturated rings. The normalized spacial score (nSPS) is 11.8. The Kier molecular flexibility index (Phi) is 6.76. The van der Waals surface area contributed by atoms with E-state index in [1.807, 2.05) is 17.4 Å². The zero-order valence-electron chi connectivity index (χ0n) is 28.7. The molecule has 3 heteroatoms. The van der Waals surface area contributed by atoms with Gasteiger partial charge in [-0.05, 0) is 75.3 Å². The minimum atomic E-state index is 0.884. The van der Waals surface area contributed by atoms with Crippen molar-refractivity contribution >= 4 is 92.1 Å². The van der Waals surface area contributed by atoms with Crippen LogP contribution in [0.1, 0.15) is 0 Å². The number of thiophene rings is 1. The fraction of sp³-hybridized carbons (Fsp3) is 0. The van der Waals surface area contributed by atoms with Crippen LogP contribution in [-0.4, -0.2) is 0 Å². The Hall–Kier alpha value is -6.68. The second-order valence-corrected chi connectivity index (χ2v) is 14.7. The summed E-state index contributed by atoms with van der Waals surface area (Å²) in [4.78, 5) is 2.53. The molecule has 2 aromatic heterocycles. The van der Waals surface area contributed by atoms with Crippen LogP contribution >= 0.6 is 11.3 Å². The molecule has 0 radical (unpaired) electrons. The van der Waals surface area contributed by atoms with Gasteiger partial charge >= 0.3 is 0 Å². The summed E-state index contributed by atoms with van der Waals surface area (Å²) < 4.78 is 8.92. The Balaban J connectivity index is 1.29. The van der Waals surface area contributed by atoms with Crippen molar-refractivity contribution in [3.63, 3.8) is 0 Å². The molecule has 248 valence electrons. The highest BCUT2D eigenvalue weighted by atomic mass is 32.1. The van der Waals surface area contributed by atoms with E-state index in [9.17, 15) is 0 Å². The van der Waals surface area contributed by atoms with E-state index in [4.69, 9.17) is 4.42 Å². The summed E-state index contributed by atoms with van der Waals surface area (Å²) in [6.07, 6.45) is 0. The number of furan rings is 1. The standard InChI is InChI=1S/C50H31NOS/c1-2-13-32(14-3-1)33-25-27-34(28-26-33)48-39-18-6-4-15-36(39)37-16-5-7-19-40(37)50(48)51(35-29-30-45-42(31-35)38-17-8-10-22-44(38)52-45)43-21-12-24-47-49(43)41-20-9-11-23-46(41)53-47/h1-31H. The number of anilines is 3. The minimum Gasteiger partial charge on any atom is -0.456 e. The molecule has 2 heterocycles. The molecule has 0 aliphatic rings. The van der Waals surface area contributed by atoms with Crippen molar-refractivity contribution in [1.29, 1.82) is 0 Å². The second kappa shape index (κ2) is 11.9. The molecule has 0 aliphatic heterocycles. The lowest BCUT2D eigenvalue weighted by molar-refractivity contribution is 0.669. The summed E-state index contributed by atoms with van der Waals surface area (Å²) in [5, 5.41) is 9.62. The van der Waals surface area contributed by atoms with Crippen molar-refractivity contribution in [1.82, 2.24) is 0 Å². The third-order valence-corrected chi connectivity index (χ3v) is 11.8. The quantitative estimate of drug-likeness (QED) is 0.167. The Morgan fingerprint density at radius 1 is 0.377 bits per heavy atom. The topological polar surface area (TPSA) is 16.4 Å². The van der Waals surface area contributed by atoms with Crippen LogP contribution in [-0.2, 0) is 0 Å². The van der Waals surface area contributed by atoms with Crippen molar-refractivity contribution in [2.75, 3.05) is 4.90 Å². The number of rotatable bonds is 5. The molecule has 0 amide bonds. The molecule has 0 spiro atoms. The average Bonchev–Trinajstić information content (AvgIpc) is 3.80. The van der Waals surface area contributed by atoms with Gasteiger partial charge in [0.1, 0.15) is 11.2 Å². The van der Waals surface area contributed by atoms with Gasteiger partial charge in [0.2, 0.25) is 0 Å². The monoisotopic (exact) mass is 693 g/mol. The van der Waals surface area contributed by atoms with Crippen LogP contribution in [0.3, 0.4) is 0 Å². The highest BCUT2D eigenvalue weighted by Crippen LogP contribution is 2.52. The van der Waals surface area contributed by atoms with Gasteiger partial charge in [-0.2, -0.15) is 0 Å². The van der Waals surface area contributed by atoms with Crippen LogP contribution < -0.4 is 4.90 Å². The molecule has 0 atom stereocenters. The van der Waals surface area contributed by atoms with E-state index in [1.54, 1.807) is 0 Å². The summed E-state index contributed by atoms with van der Waals surface area (Å²) in [7, 11) is 0. The van der Waals surface area contributed by atoms with Gasteiger partial charge in [0, 0.05) is 47.6 Å². The van der Waals surface area contributed by atoms with Gasteiger partial charge in [0.05, 0.1) is 11.4 Å².